The SMILES string of the molecule is Cc1cccc2cc(C(=O)CC3(N)CCCC3)oc12. The van der Waals surface area contributed by atoms with E-state index in [1.165, 1.54) is 0 Å². The van der Waals surface area contributed by atoms with Gasteiger partial charge in [-0.1, -0.05) is 31.0 Å². The van der Waals surface area contributed by atoms with E-state index in [0.29, 0.717) is 12.2 Å². The first-order valence-corrected chi connectivity index (χ1v) is 6.89. The first kappa shape index (κ1) is 12.4. The smallest absolute Gasteiger partial charge is 0.199 e. The van der Waals surface area contributed by atoms with Crippen LogP contribution in [0.3, 0.4) is 0 Å². The van der Waals surface area contributed by atoms with Gasteiger partial charge in [-0.3, -0.25) is 4.79 Å². The Bertz CT molecular complexity index is 621. The minimum absolute atomic E-state index is 0.0278. The number of rotatable bonds is 3. The summed E-state index contributed by atoms with van der Waals surface area (Å²) in [7, 11) is 0. The molecule has 2 N–H and O–H groups in total. The fourth-order valence-corrected chi connectivity index (χ4v) is 3.01. The van der Waals surface area contributed by atoms with E-state index in [1.807, 2.05) is 31.2 Å². The van der Waals surface area contributed by atoms with Crippen molar-refractivity contribution in [2.24, 2.45) is 5.73 Å². The standard InChI is InChI=1S/C16H19NO2/c1-11-5-4-6-12-9-14(19-15(11)12)13(18)10-16(17)7-2-3-8-16/h4-6,9H,2-3,7-8,10,17H2,1H3. The maximum atomic E-state index is 12.3. The molecule has 0 spiro atoms. The van der Waals surface area contributed by atoms with Gasteiger partial charge >= 0.3 is 0 Å². The van der Waals surface area contributed by atoms with E-state index in [2.05, 4.69) is 0 Å². The second-order valence-corrected chi connectivity index (χ2v) is 5.77. The van der Waals surface area contributed by atoms with Crippen LogP contribution < -0.4 is 5.73 Å². The van der Waals surface area contributed by atoms with Crippen molar-refractivity contribution in [3.05, 3.63) is 35.6 Å². The quantitative estimate of drug-likeness (QED) is 0.855. The van der Waals surface area contributed by atoms with Crippen molar-refractivity contribution < 1.29 is 9.21 Å². The van der Waals surface area contributed by atoms with Crippen LogP contribution in [0.2, 0.25) is 0 Å². The predicted molar refractivity (Wildman–Crippen MR) is 75.3 cm³/mol. The normalized spacial score (nSPS) is 18.0. The molecule has 3 rings (SSSR count). The van der Waals surface area contributed by atoms with Gasteiger partial charge in [0, 0.05) is 17.3 Å². The van der Waals surface area contributed by atoms with Crippen LogP contribution in [-0.4, -0.2) is 11.3 Å². The molecule has 3 nitrogen and oxygen atoms in total. The van der Waals surface area contributed by atoms with Gasteiger partial charge in [0.25, 0.3) is 0 Å². The maximum absolute atomic E-state index is 12.3. The predicted octanol–water partition coefficient (Wildman–Crippen LogP) is 3.59. The molecule has 2 aromatic rings. The monoisotopic (exact) mass is 257 g/mol. The molecular formula is C16H19NO2. The van der Waals surface area contributed by atoms with Gasteiger partial charge in [-0.15, -0.1) is 0 Å². The van der Waals surface area contributed by atoms with Crippen molar-refractivity contribution >= 4 is 16.8 Å². The molecule has 0 bridgehead atoms. The highest BCUT2D eigenvalue weighted by Crippen LogP contribution is 2.32. The van der Waals surface area contributed by atoms with Crippen molar-refractivity contribution in [2.45, 2.75) is 44.6 Å². The van der Waals surface area contributed by atoms with Crippen LogP contribution in [0, 0.1) is 6.92 Å². The van der Waals surface area contributed by atoms with Crippen LogP contribution in [0.5, 0.6) is 0 Å². The highest BCUT2D eigenvalue weighted by atomic mass is 16.3. The number of fused-ring (bicyclic) bond motifs is 1. The molecule has 1 saturated carbocycles. The number of carbonyl (C=O) groups excluding carboxylic acids is 1. The first-order valence-electron chi connectivity index (χ1n) is 6.89. The summed E-state index contributed by atoms with van der Waals surface area (Å²) in [6.45, 7) is 1.99. The van der Waals surface area contributed by atoms with Crippen molar-refractivity contribution in [1.82, 2.24) is 0 Å². The number of furan rings is 1. The van der Waals surface area contributed by atoms with Crippen LogP contribution >= 0.6 is 0 Å². The minimum Gasteiger partial charge on any atom is -0.453 e. The second-order valence-electron chi connectivity index (χ2n) is 5.77. The van der Waals surface area contributed by atoms with Crippen molar-refractivity contribution in [2.75, 3.05) is 0 Å². The van der Waals surface area contributed by atoms with Crippen LogP contribution in [0.1, 0.15) is 48.2 Å². The zero-order valence-corrected chi connectivity index (χ0v) is 11.2. The van der Waals surface area contributed by atoms with Crippen LogP contribution in [0.15, 0.2) is 28.7 Å². The molecule has 0 radical (unpaired) electrons. The number of hydrogen-bond acceptors (Lipinski definition) is 3. The molecule has 0 saturated heterocycles. The molecule has 1 aromatic heterocycles. The molecule has 1 aliphatic carbocycles. The second kappa shape index (κ2) is 4.49. The lowest BCUT2D eigenvalue weighted by molar-refractivity contribution is 0.0927. The summed E-state index contributed by atoms with van der Waals surface area (Å²) in [5.41, 5.74) is 7.81. The molecule has 100 valence electrons. The number of aryl methyl sites for hydroxylation is 1. The number of carbonyl (C=O) groups is 1. The molecule has 1 heterocycles. The number of ketones is 1. The molecule has 0 amide bonds. The van der Waals surface area contributed by atoms with Gasteiger partial charge < -0.3 is 10.2 Å². The summed E-state index contributed by atoms with van der Waals surface area (Å²) in [4.78, 5) is 12.3. The minimum atomic E-state index is -0.314. The Hall–Kier alpha value is -1.61. The Balaban J connectivity index is 1.87. The molecule has 0 atom stereocenters. The molecule has 1 fully saturated rings. The lowest BCUT2D eigenvalue weighted by Gasteiger charge is -2.21. The zero-order chi connectivity index (χ0) is 13.5. The molecule has 1 aromatic carbocycles. The summed E-state index contributed by atoms with van der Waals surface area (Å²) in [5, 5.41) is 0.987. The topological polar surface area (TPSA) is 56.2 Å². The lowest BCUT2D eigenvalue weighted by Crippen LogP contribution is -2.38. The Morgan fingerprint density at radius 3 is 2.79 bits per heavy atom. The third-order valence-electron chi connectivity index (χ3n) is 4.13. The van der Waals surface area contributed by atoms with Crippen molar-refractivity contribution in [1.29, 1.82) is 0 Å². The Kier molecular flexibility index (Phi) is 2.94. The molecule has 19 heavy (non-hydrogen) atoms. The van der Waals surface area contributed by atoms with Gasteiger partial charge in [0.15, 0.2) is 11.5 Å². The van der Waals surface area contributed by atoms with E-state index >= 15 is 0 Å². The van der Waals surface area contributed by atoms with E-state index in [9.17, 15) is 4.79 Å². The number of hydrogen-bond donors (Lipinski definition) is 1. The summed E-state index contributed by atoms with van der Waals surface area (Å²) < 4.78 is 5.71. The summed E-state index contributed by atoms with van der Waals surface area (Å²) in [6.07, 6.45) is 4.54. The maximum Gasteiger partial charge on any atom is 0.199 e. The Morgan fingerprint density at radius 2 is 2.11 bits per heavy atom. The van der Waals surface area contributed by atoms with Gasteiger partial charge in [0.1, 0.15) is 5.58 Å². The van der Waals surface area contributed by atoms with Crippen molar-refractivity contribution in [3.8, 4) is 0 Å². The van der Waals surface area contributed by atoms with Gasteiger partial charge in [-0.2, -0.15) is 0 Å². The largest absolute Gasteiger partial charge is 0.453 e. The van der Waals surface area contributed by atoms with E-state index in [1.54, 1.807) is 0 Å². The van der Waals surface area contributed by atoms with E-state index in [4.69, 9.17) is 10.2 Å². The fourth-order valence-electron chi connectivity index (χ4n) is 3.01. The van der Waals surface area contributed by atoms with Gasteiger partial charge in [0.05, 0.1) is 0 Å². The fraction of sp³-hybridized carbons (Fsp3) is 0.438. The van der Waals surface area contributed by atoms with Crippen molar-refractivity contribution in [3.63, 3.8) is 0 Å². The molecule has 1 aliphatic rings. The molecule has 0 unspecified atom stereocenters. The number of para-hydroxylation sites is 1. The van der Waals surface area contributed by atoms with E-state index in [0.717, 1.165) is 42.2 Å². The highest BCUT2D eigenvalue weighted by molar-refractivity contribution is 5.98. The zero-order valence-electron chi connectivity index (χ0n) is 11.2. The molecule has 0 aliphatic heterocycles. The number of nitrogens with two attached hydrogens (primary N) is 1. The van der Waals surface area contributed by atoms with Gasteiger partial charge in [-0.25, -0.2) is 0 Å². The third kappa shape index (κ3) is 2.30. The summed E-state index contributed by atoms with van der Waals surface area (Å²) in [6, 6.07) is 7.77. The van der Waals surface area contributed by atoms with E-state index in [-0.39, 0.29) is 11.3 Å². The number of benzene rings is 1. The average Bonchev–Trinajstić information content (AvgIpc) is 2.96. The first-order chi connectivity index (χ1) is 9.07. The average molecular weight is 257 g/mol. The highest BCUT2D eigenvalue weighted by Gasteiger charge is 2.32. The van der Waals surface area contributed by atoms with Crippen LogP contribution in [0.4, 0.5) is 0 Å². The number of Topliss-reactive ketones (excluding diaryl/α,β-unsaturated/α-hetero) is 1. The third-order valence-corrected chi connectivity index (χ3v) is 4.13. The summed E-state index contributed by atoms with van der Waals surface area (Å²) >= 11 is 0. The molecular weight excluding hydrogens is 238 g/mol. The van der Waals surface area contributed by atoms with Crippen LogP contribution in [0.25, 0.3) is 11.0 Å². The Morgan fingerprint density at radius 1 is 1.37 bits per heavy atom. The van der Waals surface area contributed by atoms with Crippen LogP contribution in [-0.2, 0) is 0 Å². The van der Waals surface area contributed by atoms with Gasteiger partial charge in [0.2, 0.25) is 0 Å². The summed E-state index contributed by atoms with van der Waals surface area (Å²) in [5.74, 6) is 0.473. The van der Waals surface area contributed by atoms with Gasteiger partial charge in [-0.05, 0) is 31.4 Å². The van der Waals surface area contributed by atoms with E-state index < -0.39 is 0 Å². The molecule has 3 heteroatoms. The Labute approximate surface area is 112 Å². The lowest BCUT2D eigenvalue weighted by atomic mass is 9.91.